The Labute approximate surface area is 377 Å². The molecule has 0 aliphatic carbocycles. The maximum Gasteiger partial charge on any atom is 0.303 e. The molecule has 2 aromatic rings. The van der Waals surface area contributed by atoms with E-state index < -0.39 is 57.8 Å². The largest absolute Gasteiger partial charge is 0.748 e. The van der Waals surface area contributed by atoms with Crippen LogP contribution in [0.2, 0.25) is 0 Å². The summed E-state index contributed by atoms with van der Waals surface area (Å²) in [6, 6.07) is 8.39. The van der Waals surface area contributed by atoms with Gasteiger partial charge in [-0.15, -0.1) is 0 Å². The number of fused-ring (bicyclic) bond motifs is 2. The molecular weight excluding hydrogens is 893 g/mol. The smallest absolute Gasteiger partial charge is 0.303 e. The summed E-state index contributed by atoms with van der Waals surface area (Å²) in [5.74, 6) is -1.52. The van der Waals surface area contributed by atoms with E-state index in [0.717, 1.165) is 11.4 Å². The van der Waals surface area contributed by atoms with Crippen LogP contribution in [0.4, 0.5) is 11.4 Å². The first-order valence-corrected chi connectivity index (χ1v) is 25.2. The highest BCUT2D eigenvalue weighted by molar-refractivity contribution is 7.86. The van der Waals surface area contributed by atoms with E-state index in [1.807, 2.05) is 23.7 Å². The Morgan fingerprint density at radius 3 is 1.97 bits per heavy atom. The number of carboxylic acids is 1. The van der Waals surface area contributed by atoms with Crippen molar-refractivity contribution in [3.05, 3.63) is 95.8 Å². The van der Waals surface area contributed by atoms with Crippen LogP contribution in [0.25, 0.3) is 0 Å². The molecular formula is C44H58N2O15S3-2. The lowest BCUT2D eigenvalue weighted by Crippen LogP contribution is -2.32. The van der Waals surface area contributed by atoms with Crippen LogP contribution in [0.5, 0.6) is 0 Å². The van der Waals surface area contributed by atoms with Crippen molar-refractivity contribution in [2.45, 2.75) is 79.4 Å². The lowest BCUT2D eigenvalue weighted by atomic mass is 9.76. The minimum absolute atomic E-state index is 0.0373. The third kappa shape index (κ3) is 14.2. The predicted molar refractivity (Wildman–Crippen MR) is 236 cm³/mol. The first-order chi connectivity index (χ1) is 30.2. The second-order valence-corrected chi connectivity index (χ2v) is 20.1. The van der Waals surface area contributed by atoms with E-state index in [9.17, 15) is 43.7 Å². The number of ether oxygens (including phenoxy) is 4. The topological polar surface area (TPSA) is 252 Å². The van der Waals surface area contributed by atoms with Crippen LogP contribution in [0, 0.1) is 0 Å². The number of rotatable bonds is 28. The predicted octanol–water partition coefficient (Wildman–Crippen LogP) is 4.87. The van der Waals surface area contributed by atoms with Crippen molar-refractivity contribution >= 4 is 53.4 Å². The van der Waals surface area contributed by atoms with Gasteiger partial charge in [0.2, 0.25) is 5.69 Å². The van der Waals surface area contributed by atoms with E-state index >= 15 is 0 Å². The molecule has 0 saturated heterocycles. The average molecular weight is 951 g/mol. The zero-order valence-corrected chi connectivity index (χ0v) is 39.1. The fourth-order valence-electron chi connectivity index (χ4n) is 8.12. The highest BCUT2D eigenvalue weighted by atomic mass is 32.2. The molecule has 0 spiro atoms. The highest BCUT2D eigenvalue weighted by Gasteiger charge is 2.48. The third-order valence-corrected chi connectivity index (χ3v) is 13.8. The third-order valence-electron chi connectivity index (χ3n) is 11.4. The molecule has 2 atom stereocenters. The van der Waals surface area contributed by atoms with Gasteiger partial charge in [0.1, 0.15) is 26.8 Å². The van der Waals surface area contributed by atoms with Gasteiger partial charge in [0, 0.05) is 74.1 Å². The summed E-state index contributed by atoms with van der Waals surface area (Å²) in [7, 11) is -11.0. The quantitative estimate of drug-likeness (QED) is 0.0517. The molecule has 4 rings (SSSR count). The van der Waals surface area contributed by atoms with E-state index in [0.29, 0.717) is 87.7 Å². The van der Waals surface area contributed by atoms with Crippen molar-refractivity contribution in [3.63, 3.8) is 0 Å². The van der Waals surface area contributed by atoms with Gasteiger partial charge in [-0.25, -0.2) is 25.3 Å². The molecule has 0 saturated carbocycles. The first-order valence-electron chi connectivity index (χ1n) is 20.8. The summed E-state index contributed by atoms with van der Waals surface area (Å²) >= 11 is 0. The zero-order valence-electron chi connectivity index (χ0n) is 36.6. The standard InChI is InChI=1S/C44H60N2O15S3/c1-43(21-13-31-62(49,50)51)36-32-34(63(52,53)54)18-20-39(36)46(24-26-60-29-30-61-28-27-59-4)40(43)14-9-6-5-7-10-15-41-44(2,22-25-58-3)37-33-35(64(55,56)57)17-19-38(37)45(41)23-12-8-11-16-42(47)48/h5-7,9-10,14-15,17-20,32-33H,8,11-13,16,21-31H2,1-4H3,(H3-,47,48,49,50,51,52,53,54,55,56,57)/p-2. The Kier molecular flexibility index (Phi) is 19.2. The lowest BCUT2D eigenvalue weighted by Gasteiger charge is -2.30. The van der Waals surface area contributed by atoms with E-state index in [1.54, 1.807) is 57.6 Å². The van der Waals surface area contributed by atoms with Gasteiger partial charge in [-0.3, -0.25) is 4.79 Å². The molecule has 0 fully saturated rings. The molecule has 64 heavy (non-hydrogen) atoms. The SMILES string of the molecule is COCCOCCOCC[N+]1=C(/C=C/C=C/C=C/C=C2/N(CCCCCC(=O)O)c3ccc(S(=O)(=O)[O-])cc3C2(C)CCOC)C(C)(CCCS(=O)(=O)[O-])c2cc(S(=O)(=O)[O-])ccc21. The summed E-state index contributed by atoms with van der Waals surface area (Å²) < 4.78 is 131. The highest BCUT2D eigenvalue weighted by Crippen LogP contribution is 2.51. The van der Waals surface area contributed by atoms with Crippen LogP contribution in [0.1, 0.15) is 69.9 Å². The fourth-order valence-corrected chi connectivity index (χ4v) is 9.61. The van der Waals surface area contributed by atoms with Crippen LogP contribution >= 0.6 is 0 Å². The number of hydrogen-bond acceptors (Lipinski definition) is 15. The van der Waals surface area contributed by atoms with Crippen molar-refractivity contribution in [1.82, 2.24) is 0 Å². The molecule has 17 nitrogen and oxygen atoms in total. The van der Waals surface area contributed by atoms with Gasteiger partial charge in [0.15, 0.2) is 12.3 Å². The van der Waals surface area contributed by atoms with Crippen molar-refractivity contribution in [3.8, 4) is 0 Å². The minimum atomic E-state index is -4.85. The zero-order chi connectivity index (χ0) is 47.2. The Morgan fingerprint density at radius 2 is 1.33 bits per heavy atom. The van der Waals surface area contributed by atoms with Gasteiger partial charge in [-0.05, 0) is 87.9 Å². The fraction of sp³-hybridized carbons (Fsp3) is 0.500. The lowest BCUT2D eigenvalue weighted by molar-refractivity contribution is -0.442. The number of unbranched alkanes of at least 4 members (excludes halogenated alkanes) is 2. The number of hydrogen-bond donors (Lipinski definition) is 1. The molecule has 354 valence electrons. The Balaban J connectivity index is 1.69. The molecule has 2 heterocycles. The van der Waals surface area contributed by atoms with Crippen LogP contribution in [-0.4, -0.2) is 133 Å². The van der Waals surface area contributed by atoms with E-state index in [2.05, 4.69) is 4.90 Å². The molecule has 0 radical (unpaired) electrons. The van der Waals surface area contributed by atoms with E-state index in [4.69, 9.17) is 24.1 Å². The monoisotopic (exact) mass is 950 g/mol. The van der Waals surface area contributed by atoms with Gasteiger partial charge in [-0.2, -0.15) is 4.58 Å². The molecule has 20 heteroatoms. The Morgan fingerprint density at radius 1 is 0.719 bits per heavy atom. The maximum atomic E-state index is 12.1. The van der Waals surface area contributed by atoms with Crippen molar-refractivity contribution in [2.75, 3.05) is 77.6 Å². The number of allylic oxidation sites excluding steroid dienone is 8. The van der Waals surface area contributed by atoms with Crippen LogP contribution in [-0.2, 0) is 64.9 Å². The van der Waals surface area contributed by atoms with E-state index in [-0.39, 0.29) is 37.4 Å². The number of anilines is 1. The number of aliphatic carboxylic acids is 1. The van der Waals surface area contributed by atoms with Gasteiger partial charge in [-0.1, -0.05) is 36.8 Å². The van der Waals surface area contributed by atoms with Gasteiger partial charge in [0.05, 0.1) is 51.8 Å². The van der Waals surface area contributed by atoms with E-state index in [1.165, 1.54) is 30.3 Å². The Hall–Kier alpha value is -4.09. The normalized spacial score (nSPS) is 19.9. The first kappa shape index (κ1) is 52.5. The van der Waals surface area contributed by atoms with Crippen molar-refractivity contribution in [2.24, 2.45) is 0 Å². The van der Waals surface area contributed by atoms with Gasteiger partial charge >= 0.3 is 5.97 Å². The van der Waals surface area contributed by atoms with Gasteiger partial charge < -0.3 is 42.6 Å². The second-order valence-electron chi connectivity index (χ2n) is 15.8. The molecule has 0 bridgehead atoms. The average Bonchev–Trinajstić information content (AvgIpc) is 3.58. The molecule has 1 N–H and O–H groups in total. The summed E-state index contributed by atoms with van der Waals surface area (Å²) in [6.07, 6.45) is 15.0. The van der Waals surface area contributed by atoms with Crippen LogP contribution < -0.4 is 4.90 Å². The van der Waals surface area contributed by atoms with Crippen LogP contribution in [0.15, 0.2) is 94.4 Å². The molecule has 0 amide bonds. The summed E-state index contributed by atoms with van der Waals surface area (Å²) in [5, 5.41) is 9.11. The molecule has 2 aliphatic heterocycles. The number of nitrogens with zero attached hydrogens (tertiary/aromatic N) is 2. The summed E-state index contributed by atoms with van der Waals surface area (Å²) in [6.45, 7) is 6.58. The summed E-state index contributed by atoms with van der Waals surface area (Å²) in [4.78, 5) is 12.4. The van der Waals surface area contributed by atoms with Gasteiger partial charge in [0.25, 0.3) is 0 Å². The van der Waals surface area contributed by atoms with Crippen molar-refractivity contribution in [1.29, 1.82) is 0 Å². The Bertz CT molecular complexity index is 2450. The molecule has 2 aromatic carbocycles. The number of benzene rings is 2. The number of carboxylic acid groups (broad SMARTS) is 1. The second kappa shape index (κ2) is 23.4. The number of methoxy groups -OCH3 is 2. The summed E-state index contributed by atoms with van der Waals surface area (Å²) in [5.41, 5.74) is 2.15. The van der Waals surface area contributed by atoms with Crippen molar-refractivity contribution < 1.29 is 72.3 Å². The molecule has 2 aliphatic rings. The minimum Gasteiger partial charge on any atom is -0.748 e. The molecule has 0 aromatic heterocycles. The maximum absolute atomic E-state index is 12.1. The van der Waals surface area contributed by atoms with Crippen LogP contribution in [0.3, 0.4) is 0 Å². The number of carbonyl (C=O) groups is 1. The molecule has 2 unspecified atom stereocenters.